The Balaban J connectivity index is 2.32. The van der Waals surface area contributed by atoms with Crippen LogP contribution < -0.4 is 0 Å². The van der Waals surface area contributed by atoms with Gasteiger partial charge in [-0.15, -0.1) is 0 Å². The van der Waals surface area contributed by atoms with E-state index in [-0.39, 0.29) is 18.1 Å². The molecule has 0 bridgehead atoms. The minimum Gasteiger partial charge on any atom is -0.386 e. The molecular weight excluding hydrogens is 230 g/mol. The Morgan fingerprint density at radius 2 is 2.00 bits per heavy atom. The van der Waals surface area contributed by atoms with Crippen LogP contribution in [-0.2, 0) is 14.6 Å². The number of sulfone groups is 1. The summed E-state index contributed by atoms with van der Waals surface area (Å²) in [5, 5.41) is 9.85. The van der Waals surface area contributed by atoms with Crippen LogP contribution in [0.3, 0.4) is 0 Å². The van der Waals surface area contributed by atoms with Crippen molar-refractivity contribution in [1.29, 1.82) is 0 Å². The lowest BCUT2D eigenvalue weighted by Crippen LogP contribution is -2.63. The molecule has 1 amide bonds. The zero-order valence-corrected chi connectivity index (χ0v) is 10.6. The molecule has 0 spiro atoms. The Kier molecular flexibility index (Phi) is 3.96. The highest BCUT2D eigenvalue weighted by Gasteiger charge is 2.42. The molecule has 1 rings (SSSR count). The second-order valence-electron chi connectivity index (χ2n) is 4.60. The smallest absolute Gasteiger partial charge is 0.223 e. The SMILES string of the molecule is CCCC1(O)CN(C(=O)CCS(C)(=O)=O)C1. The number of rotatable bonds is 5. The third-order valence-corrected chi connectivity index (χ3v) is 3.67. The molecule has 0 aromatic rings. The van der Waals surface area contributed by atoms with Gasteiger partial charge in [-0.1, -0.05) is 13.3 Å². The van der Waals surface area contributed by atoms with Gasteiger partial charge in [-0.25, -0.2) is 8.42 Å². The monoisotopic (exact) mass is 249 g/mol. The van der Waals surface area contributed by atoms with Crippen LogP contribution in [0.1, 0.15) is 26.2 Å². The summed E-state index contributed by atoms with van der Waals surface area (Å²) in [6.07, 6.45) is 2.69. The Labute approximate surface area is 96.4 Å². The van der Waals surface area contributed by atoms with Crippen molar-refractivity contribution in [3.05, 3.63) is 0 Å². The summed E-state index contributed by atoms with van der Waals surface area (Å²) in [5.41, 5.74) is -0.741. The van der Waals surface area contributed by atoms with E-state index < -0.39 is 15.4 Å². The summed E-state index contributed by atoms with van der Waals surface area (Å²) < 4.78 is 21.7. The standard InChI is InChI=1S/C10H19NO4S/c1-3-5-10(13)7-11(8-10)9(12)4-6-16(2,14)15/h13H,3-8H2,1-2H3. The number of likely N-dealkylation sites (tertiary alicyclic amines) is 1. The first-order valence-corrected chi connectivity index (χ1v) is 7.50. The van der Waals surface area contributed by atoms with E-state index in [4.69, 9.17) is 0 Å². The van der Waals surface area contributed by atoms with E-state index in [1.807, 2.05) is 6.92 Å². The van der Waals surface area contributed by atoms with Crippen molar-refractivity contribution in [2.24, 2.45) is 0 Å². The van der Waals surface area contributed by atoms with E-state index in [0.717, 1.165) is 12.7 Å². The number of aliphatic hydroxyl groups is 1. The molecule has 94 valence electrons. The van der Waals surface area contributed by atoms with Gasteiger partial charge < -0.3 is 10.0 Å². The third kappa shape index (κ3) is 3.75. The number of carbonyl (C=O) groups is 1. The van der Waals surface area contributed by atoms with Crippen molar-refractivity contribution < 1.29 is 18.3 Å². The fourth-order valence-electron chi connectivity index (χ4n) is 1.89. The summed E-state index contributed by atoms with van der Waals surface area (Å²) in [5.74, 6) is -0.305. The Hall–Kier alpha value is -0.620. The molecule has 0 aromatic carbocycles. The van der Waals surface area contributed by atoms with Gasteiger partial charge >= 0.3 is 0 Å². The molecule has 0 unspecified atom stereocenters. The molecule has 0 atom stereocenters. The maximum Gasteiger partial charge on any atom is 0.223 e. The summed E-state index contributed by atoms with van der Waals surface area (Å²) in [4.78, 5) is 13.0. The van der Waals surface area contributed by atoms with Crippen LogP contribution in [0.4, 0.5) is 0 Å². The fourth-order valence-corrected chi connectivity index (χ4v) is 2.44. The summed E-state index contributed by atoms with van der Waals surface area (Å²) >= 11 is 0. The highest BCUT2D eigenvalue weighted by Crippen LogP contribution is 2.26. The van der Waals surface area contributed by atoms with Gasteiger partial charge in [-0.2, -0.15) is 0 Å². The fraction of sp³-hybridized carbons (Fsp3) is 0.900. The van der Waals surface area contributed by atoms with Gasteiger partial charge in [0.25, 0.3) is 0 Å². The third-order valence-electron chi connectivity index (χ3n) is 2.73. The van der Waals surface area contributed by atoms with E-state index >= 15 is 0 Å². The lowest BCUT2D eigenvalue weighted by molar-refractivity contribution is -0.156. The van der Waals surface area contributed by atoms with Crippen molar-refractivity contribution in [3.63, 3.8) is 0 Å². The maximum atomic E-state index is 11.5. The van der Waals surface area contributed by atoms with Gasteiger partial charge in [0, 0.05) is 12.7 Å². The maximum absolute atomic E-state index is 11.5. The molecule has 0 saturated carbocycles. The van der Waals surface area contributed by atoms with Crippen LogP contribution in [0.5, 0.6) is 0 Å². The molecule has 6 heteroatoms. The topological polar surface area (TPSA) is 74.7 Å². The Bertz CT molecular complexity index is 357. The normalized spacial score (nSPS) is 19.3. The minimum absolute atomic E-state index is 0.0149. The van der Waals surface area contributed by atoms with Crippen molar-refractivity contribution in [3.8, 4) is 0 Å². The second-order valence-corrected chi connectivity index (χ2v) is 6.86. The number of β-amino-alcohol motifs (C(OH)–C–C–N with tert-alkyl or cyclic N) is 1. The van der Waals surface area contributed by atoms with Crippen molar-refractivity contribution in [1.82, 2.24) is 4.90 Å². The van der Waals surface area contributed by atoms with E-state index in [2.05, 4.69) is 0 Å². The average Bonchev–Trinajstić information content (AvgIpc) is 2.09. The predicted molar refractivity (Wildman–Crippen MR) is 60.8 cm³/mol. The molecule has 0 aromatic heterocycles. The number of hydrogen-bond acceptors (Lipinski definition) is 4. The summed E-state index contributed by atoms with van der Waals surface area (Å²) in [6, 6.07) is 0. The van der Waals surface area contributed by atoms with Crippen molar-refractivity contribution in [2.45, 2.75) is 31.8 Å². The van der Waals surface area contributed by atoms with Crippen LogP contribution in [0.15, 0.2) is 0 Å². The molecule has 16 heavy (non-hydrogen) atoms. The van der Waals surface area contributed by atoms with Gasteiger partial charge in [0.15, 0.2) is 0 Å². The van der Waals surface area contributed by atoms with Gasteiger partial charge in [0.2, 0.25) is 5.91 Å². The lowest BCUT2D eigenvalue weighted by Gasteiger charge is -2.46. The van der Waals surface area contributed by atoms with E-state index in [9.17, 15) is 18.3 Å². The zero-order valence-electron chi connectivity index (χ0n) is 9.77. The first-order valence-electron chi connectivity index (χ1n) is 5.44. The highest BCUT2D eigenvalue weighted by molar-refractivity contribution is 7.90. The zero-order chi connectivity index (χ0) is 12.4. The van der Waals surface area contributed by atoms with E-state index in [1.54, 1.807) is 0 Å². The number of nitrogens with zero attached hydrogens (tertiary/aromatic N) is 1. The van der Waals surface area contributed by atoms with Crippen LogP contribution in [0.2, 0.25) is 0 Å². The molecule has 1 fully saturated rings. The largest absolute Gasteiger partial charge is 0.386 e. The van der Waals surface area contributed by atoms with E-state index in [1.165, 1.54) is 4.90 Å². The molecule has 0 aliphatic carbocycles. The number of hydrogen-bond donors (Lipinski definition) is 1. The Morgan fingerprint density at radius 3 is 2.44 bits per heavy atom. The first kappa shape index (κ1) is 13.4. The van der Waals surface area contributed by atoms with E-state index in [0.29, 0.717) is 19.5 Å². The van der Waals surface area contributed by atoms with Crippen LogP contribution >= 0.6 is 0 Å². The van der Waals surface area contributed by atoms with Crippen LogP contribution in [0, 0.1) is 0 Å². The van der Waals surface area contributed by atoms with Crippen LogP contribution in [0.25, 0.3) is 0 Å². The molecule has 1 aliphatic heterocycles. The molecule has 1 saturated heterocycles. The van der Waals surface area contributed by atoms with Gasteiger partial charge in [-0.05, 0) is 6.42 Å². The van der Waals surface area contributed by atoms with Gasteiger partial charge in [0.05, 0.1) is 24.4 Å². The quantitative estimate of drug-likeness (QED) is 0.732. The van der Waals surface area contributed by atoms with Gasteiger partial charge in [0.1, 0.15) is 9.84 Å². The van der Waals surface area contributed by atoms with Crippen molar-refractivity contribution >= 4 is 15.7 Å². The van der Waals surface area contributed by atoms with Crippen molar-refractivity contribution in [2.75, 3.05) is 25.1 Å². The average molecular weight is 249 g/mol. The predicted octanol–water partition coefficient (Wildman–Crippen LogP) is -0.205. The second kappa shape index (κ2) is 4.71. The van der Waals surface area contributed by atoms with Gasteiger partial charge in [-0.3, -0.25) is 4.79 Å². The molecule has 1 N–H and O–H groups in total. The minimum atomic E-state index is -3.09. The Morgan fingerprint density at radius 1 is 1.44 bits per heavy atom. The number of carbonyl (C=O) groups excluding carboxylic acids is 1. The lowest BCUT2D eigenvalue weighted by atomic mass is 9.89. The summed E-state index contributed by atoms with van der Waals surface area (Å²) in [7, 11) is -3.09. The molecule has 5 nitrogen and oxygen atoms in total. The van der Waals surface area contributed by atoms with Crippen LogP contribution in [-0.4, -0.2) is 55.0 Å². The first-order chi connectivity index (χ1) is 7.26. The molecular formula is C10H19NO4S. The molecule has 1 heterocycles. The summed E-state index contributed by atoms with van der Waals surface area (Å²) in [6.45, 7) is 2.65. The highest BCUT2D eigenvalue weighted by atomic mass is 32.2. The number of amides is 1. The molecule has 0 radical (unpaired) electrons. The molecule has 1 aliphatic rings.